The maximum absolute atomic E-state index is 12.4. The molecule has 0 radical (unpaired) electrons. The molecule has 2 heterocycles. The molecule has 1 aliphatic rings. The maximum atomic E-state index is 12.4. The lowest BCUT2D eigenvalue weighted by atomic mass is 10.2. The SMILES string of the molecule is Cl.Cl.NCc1cc(C(=O)N2CCCN(CC(F)(F)F)CC2)co1. The first kappa shape index (κ1) is 22.0. The standard InChI is InChI=1S/C13H18F3N3O2.2ClH/c14-13(15,16)9-18-2-1-3-19(5-4-18)12(20)10-6-11(7-17)21-8-10;;/h6,8H,1-5,7,9,17H2;2*1H. The fourth-order valence-electron chi connectivity index (χ4n) is 2.37. The Balaban J connectivity index is 0.00000242. The summed E-state index contributed by atoms with van der Waals surface area (Å²) in [6, 6.07) is 1.57. The lowest BCUT2D eigenvalue weighted by molar-refractivity contribution is -0.145. The van der Waals surface area contributed by atoms with E-state index in [1.54, 1.807) is 11.0 Å². The molecule has 1 aromatic rings. The van der Waals surface area contributed by atoms with Crippen molar-refractivity contribution in [2.24, 2.45) is 5.73 Å². The first-order valence-corrected chi connectivity index (χ1v) is 6.75. The molecule has 1 amide bonds. The van der Waals surface area contributed by atoms with E-state index in [1.165, 1.54) is 11.2 Å². The van der Waals surface area contributed by atoms with Gasteiger partial charge in [0, 0.05) is 26.2 Å². The van der Waals surface area contributed by atoms with Crippen LogP contribution in [-0.2, 0) is 6.54 Å². The minimum absolute atomic E-state index is 0. The number of halogens is 5. The fourth-order valence-corrected chi connectivity index (χ4v) is 2.37. The lowest BCUT2D eigenvalue weighted by Gasteiger charge is -2.22. The molecule has 10 heteroatoms. The quantitative estimate of drug-likeness (QED) is 0.877. The molecule has 134 valence electrons. The van der Waals surface area contributed by atoms with E-state index >= 15 is 0 Å². The summed E-state index contributed by atoms with van der Waals surface area (Å²) in [4.78, 5) is 15.1. The lowest BCUT2D eigenvalue weighted by Crippen LogP contribution is -2.38. The van der Waals surface area contributed by atoms with Crippen molar-refractivity contribution in [1.82, 2.24) is 9.80 Å². The van der Waals surface area contributed by atoms with Crippen molar-refractivity contribution in [3.05, 3.63) is 23.7 Å². The Bertz CT molecular complexity index is 497. The minimum Gasteiger partial charge on any atom is -0.467 e. The molecule has 1 aliphatic heterocycles. The van der Waals surface area contributed by atoms with Crippen molar-refractivity contribution in [3.8, 4) is 0 Å². The predicted molar refractivity (Wildman–Crippen MR) is 84.1 cm³/mol. The van der Waals surface area contributed by atoms with E-state index in [9.17, 15) is 18.0 Å². The number of carbonyl (C=O) groups excluding carboxylic acids is 1. The Hall–Kier alpha value is -0.960. The van der Waals surface area contributed by atoms with Crippen LogP contribution in [0, 0.1) is 0 Å². The number of nitrogens with zero attached hydrogens (tertiary/aromatic N) is 2. The first-order chi connectivity index (χ1) is 9.89. The number of carbonyl (C=O) groups is 1. The molecule has 0 atom stereocenters. The average Bonchev–Trinajstić information content (AvgIpc) is 2.77. The fraction of sp³-hybridized carbons (Fsp3) is 0.615. The van der Waals surface area contributed by atoms with Crippen LogP contribution in [0.5, 0.6) is 0 Å². The van der Waals surface area contributed by atoms with Crippen LogP contribution in [-0.4, -0.2) is 54.6 Å². The highest BCUT2D eigenvalue weighted by Crippen LogP contribution is 2.18. The molecule has 5 nitrogen and oxygen atoms in total. The zero-order valence-corrected chi connectivity index (χ0v) is 14.0. The summed E-state index contributed by atoms with van der Waals surface area (Å²) in [5.74, 6) is 0.277. The van der Waals surface area contributed by atoms with Gasteiger partial charge in [0.05, 0.1) is 18.7 Å². The molecule has 1 saturated heterocycles. The van der Waals surface area contributed by atoms with Gasteiger partial charge < -0.3 is 15.1 Å². The van der Waals surface area contributed by atoms with Gasteiger partial charge in [0.2, 0.25) is 0 Å². The Labute approximate surface area is 144 Å². The van der Waals surface area contributed by atoms with E-state index in [0.717, 1.165) is 0 Å². The Morgan fingerprint density at radius 1 is 1.22 bits per heavy atom. The molecular weight excluding hydrogens is 358 g/mol. The van der Waals surface area contributed by atoms with Gasteiger partial charge in [-0.1, -0.05) is 0 Å². The van der Waals surface area contributed by atoms with Crippen molar-refractivity contribution in [3.63, 3.8) is 0 Å². The number of amides is 1. The van der Waals surface area contributed by atoms with E-state index in [-0.39, 0.29) is 50.4 Å². The van der Waals surface area contributed by atoms with Crippen LogP contribution in [0.25, 0.3) is 0 Å². The van der Waals surface area contributed by atoms with Gasteiger partial charge in [-0.25, -0.2) is 0 Å². The Morgan fingerprint density at radius 2 is 1.91 bits per heavy atom. The van der Waals surface area contributed by atoms with Crippen molar-refractivity contribution >= 4 is 30.7 Å². The van der Waals surface area contributed by atoms with Gasteiger partial charge in [0.15, 0.2) is 0 Å². The topological polar surface area (TPSA) is 62.7 Å². The molecule has 0 aliphatic carbocycles. The van der Waals surface area contributed by atoms with E-state index in [2.05, 4.69) is 0 Å². The number of alkyl halides is 3. The third-order valence-electron chi connectivity index (χ3n) is 3.38. The van der Waals surface area contributed by atoms with Crippen LogP contribution in [0.1, 0.15) is 22.5 Å². The third-order valence-corrected chi connectivity index (χ3v) is 3.38. The summed E-state index contributed by atoms with van der Waals surface area (Å²) in [6.45, 7) is 0.536. The van der Waals surface area contributed by atoms with Gasteiger partial charge in [-0.3, -0.25) is 9.69 Å². The number of hydrogen-bond acceptors (Lipinski definition) is 4. The molecule has 23 heavy (non-hydrogen) atoms. The minimum atomic E-state index is -4.21. The summed E-state index contributed by atoms with van der Waals surface area (Å²) < 4.78 is 42.3. The van der Waals surface area contributed by atoms with Crippen molar-refractivity contribution < 1.29 is 22.4 Å². The Kier molecular flexibility index (Phi) is 8.97. The van der Waals surface area contributed by atoms with E-state index in [0.29, 0.717) is 30.8 Å². The average molecular weight is 378 g/mol. The van der Waals surface area contributed by atoms with Gasteiger partial charge >= 0.3 is 6.18 Å². The van der Waals surface area contributed by atoms with Crippen LogP contribution < -0.4 is 5.73 Å². The zero-order chi connectivity index (χ0) is 15.5. The molecule has 2 rings (SSSR count). The maximum Gasteiger partial charge on any atom is 0.401 e. The van der Waals surface area contributed by atoms with Crippen molar-refractivity contribution in [2.75, 3.05) is 32.7 Å². The molecule has 1 fully saturated rings. The summed E-state index contributed by atoms with van der Waals surface area (Å²) in [5, 5.41) is 0. The van der Waals surface area contributed by atoms with Crippen LogP contribution in [0.4, 0.5) is 13.2 Å². The highest BCUT2D eigenvalue weighted by Gasteiger charge is 2.32. The highest BCUT2D eigenvalue weighted by molar-refractivity contribution is 5.94. The molecule has 1 aromatic heterocycles. The number of nitrogens with two attached hydrogens (primary N) is 1. The van der Waals surface area contributed by atoms with Crippen LogP contribution in [0.2, 0.25) is 0 Å². The largest absolute Gasteiger partial charge is 0.467 e. The summed E-state index contributed by atoms with van der Waals surface area (Å²) in [6.07, 6.45) is -2.36. The van der Waals surface area contributed by atoms with Gasteiger partial charge in [0.25, 0.3) is 5.91 Å². The van der Waals surface area contributed by atoms with Crippen LogP contribution in [0.15, 0.2) is 16.7 Å². The molecule has 2 N–H and O–H groups in total. The molecule has 0 unspecified atom stereocenters. The van der Waals surface area contributed by atoms with Gasteiger partial charge in [0.1, 0.15) is 12.0 Å². The second-order valence-corrected chi connectivity index (χ2v) is 5.04. The Morgan fingerprint density at radius 3 is 2.48 bits per heavy atom. The summed E-state index contributed by atoms with van der Waals surface area (Å²) >= 11 is 0. The van der Waals surface area contributed by atoms with Gasteiger partial charge in [-0.05, 0) is 12.5 Å². The van der Waals surface area contributed by atoms with E-state index in [1.807, 2.05) is 0 Å². The second-order valence-electron chi connectivity index (χ2n) is 5.04. The summed E-state index contributed by atoms with van der Waals surface area (Å²) in [7, 11) is 0. The molecule has 0 spiro atoms. The van der Waals surface area contributed by atoms with Crippen molar-refractivity contribution in [1.29, 1.82) is 0 Å². The normalized spacial score (nSPS) is 16.3. The number of rotatable bonds is 3. The predicted octanol–water partition coefficient (Wildman–Crippen LogP) is 2.29. The number of hydrogen-bond donors (Lipinski definition) is 1. The second kappa shape index (κ2) is 9.36. The summed E-state index contributed by atoms with van der Waals surface area (Å²) in [5.41, 5.74) is 5.80. The van der Waals surface area contributed by atoms with Crippen molar-refractivity contribution in [2.45, 2.75) is 19.1 Å². The highest BCUT2D eigenvalue weighted by atomic mass is 35.5. The van der Waals surface area contributed by atoms with Gasteiger partial charge in [-0.2, -0.15) is 13.2 Å². The zero-order valence-electron chi connectivity index (χ0n) is 12.3. The van der Waals surface area contributed by atoms with E-state index in [4.69, 9.17) is 10.2 Å². The third kappa shape index (κ3) is 6.58. The molecular formula is C13H20Cl2F3N3O2. The monoisotopic (exact) mass is 377 g/mol. The molecule has 0 saturated carbocycles. The molecule has 0 bridgehead atoms. The van der Waals surface area contributed by atoms with Gasteiger partial charge in [-0.15, -0.1) is 24.8 Å². The van der Waals surface area contributed by atoms with E-state index < -0.39 is 12.7 Å². The first-order valence-electron chi connectivity index (χ1n) is 6.75. The smallest absolute Gasteiger partial charge is 0.401 e. The number of furan rings is 1. The molecule has 0 aromatic carbocycles. The van der Waals surface area contributed by atoms with Crippen LogP contribution in [0.3, 0.4) is 0 Å². The van der Waals surface area contributed by atoms with Crippen LogP contribution >= 0.6 is 24.8 Å².